The highest BCUT2D eigenvalue weighted by Crippen LogP contribution is 2.22. The number of hydrogen-bond donors (Lipinski definition) is 0. The highest BCUT2D eigenvalue weighted by molar-refractivity contribution is 4.96. The molecule has 148 valence electrons. The Kier molecular flexibility index (Phi) is 14.0. The Labute approximate surface area is 159 Å². The van der Waals surface area contributed by atoms with Gasteiger partial charge in [0.25, 0.3) is 0 Å². The Balaban J connectivity index is 2.06. The van der Waals surface area contributed by atoms with E-state index < -0.39 is 0 Å². The number of rotatable bonds is 17. The molecule has 0 spiro atoms. The summed E-state index contributed by atoms with van der Waals surface area (Å²) in [4.78, 5) is 5.14. The second kappa shape index (κ2) is 15.6. The van der Waals surface area contributed by atoms with Crippen molar-refractivity contribution in [3.8, 4) is 0 Å². The molecule has 0 fully saturated rings. The summed E-state index contributed by atoms with van der Waals surface area (Å²) < 4.78 is 0. The molecule has 2 heteroatoms. The van der Waals surface area contributed by atoms with E-state index in [9.17, 15) is 0 Å². The van der Waals surface area contributed by atoms with E-state index in [0.717, 1.165) is 6.54 Å². The summed E-state index contributed by atoms with van der Waals surface area (Å²) in [5.74, 6) is 0. The quantitative estimate of drug-likeness (QED) is 0.254. The lowest BCUT2D eigenvalue weighted by atomic mass is 10.1. The van der Waals surface area contributed by atoms with Gasteiger partial charge in [-0.05, 0) is 26.2 Å². The largest absolute Gasteiger partial charge is 0.356 e. The van der Waals surface area contributed by atoms with Crippen molar-refractivity contribution in [1.29, 1.82) is 0 Å². The fraction of sp³-hybridized carbons (Fsp3) is 0.913. The molecule has 0 aromatic heterocycles. The van der Waals surface area contributed by atoms with E-state index in [2.05, 4.69) is 43.0 Å². The van der Waals surface area contributed by atoms with E-state index in [4.69, 9.17) is 0 Å². The van der Waals surface area contributed by atoms with E-state index in [0.29, 0.717) is 6.17 Å². The predicted octanol–water partition coefficient (Wildman–Crippen LogP) is 7.31. The van der Waals surface area contributed by atoms with Gasteiger partial charge in [0.2, 0.25) is 0 Å². The molecule has 0 saturated heterocycles. The zero-order valence-corrected chi connectivity index (χ0v) is 17.6. The highest BCUT2D eigenvalue weighted by atomic mass is 15.4. The minimum Gasteiger partial charge on any atom is -0.356 e. The highest BCUT2D eigenvalue weighted by Gasteiger charge is 2.23. The molecule has 0 aromatic carbocycles. The molecule has 25 heavy (non-hydrogen) atoms. The third-order valence-electron chi connectivity index (χ3n) is 5.67. The van der Waals surface area contributed by atoms with Gasteiger partial charge in [0.15, 0.2) is 0 Å². The minimum absolute atomic E-state index is 0.639. The van der Waals surface area contributed by atoms with E-state index in [1.165, 1.54) is 103 Å². The van der Waals surface area contributed by atoms with Crippen LogP contribution in [0.2, 0.25) is 0 Å². The number of hydrogen-bond acceptors (Lipinski definition) is 2. The van der Waals surface area contributed by atoms with E-state index >= 15 is 0 Å². The summed E-state index contributed by atoms with van der Waals surface area (Å²) in [5, 5.41) is 0. The molecule has 1 aliphatic rings. The lowest BCUT2D eigenvalue weighted by Gasteiger charge is -2.32. The van der Waals surface area contributed by atoms with Crippen molar-refractivity contribution in [2.24, 2.45) is 0 Å². The minimum atomic E-state index is 0.639. The van der Waals surface area contributed by atoms with Gasteiger partial charge in [0.05, 0.1) is 0 Å². The summed E-state index contributed by atoms with van der Waals surface area (Å²) in [6, 6.07) is 0. The Morgan fingerprint density at radius 3 is 1.60 bits per heavy atom. The Morgan fingerprint density at radius 1 is 0.560 bits per heavy atom. The molecule has 0 saturated carbocycles. The smallest absolute Gasteiger partial charge is 0.101 e. The van der Waals surface area contributed by atoms with Gasteiger partial charge < -0.3 is 9.80 Å². The van der Waals surface area contributed by atoms with Crippen LogP contribution in [0.3, 0.4) is 0 Å². The first-order valence-corrected chi connectivity index (χ1v) is 11.5. The molecule has 1 unspecified atom stereocenters. The van der Waals surface area contributed by atoms with Crippen LogP contribution < -0.4 is 0 Å². The molecule has 0 radical (unpaired) electrons. The van der Waals surface area contributed by atoms with Crippen LogP contribution in [0, 0.1) is 0 Å². The second-order valence-electron chi connectivity index (χ2n) is 7.88. The van der Waals surface area contributed by atoms with Gasteiger partial charge in [0.1, 0.15) is 6.17 Å². The van der Waals surface area contributed by atoms with Crippen LogP contribution in [0.1, 0.15) is 117 Å². The third-order valence-corrected chi connectivity index (χ3v) is 5.67. The van der Waals surface area contributed by atoms with Gasteiger partial charge in [-0.1, -0.05) is 90.9 Å². The van der Waals surface area contributed by atoms with Crippen molar-refractivity contribution in [3.05, 3.63) is 12.4 Å². The molecule has 1 aliphatic heterocycles. The van der Waals surface area contributed by atoms with Crippen LogP contribution in [-0.2, 0) is 0 Å². The summed E-state index contributed by atoms with van der Waals surface area (Å²) >= 11 is 0. The van der Waals surface area contributed by atoms with Gasteiger partial charge >= 0.3 is 0 Å². The molecule has 0 aliphatic carbocycles. The maximum absolute atomic E-state index is 2.61. The van der Waals surface area contributed by atoms with E-state index in [1.807, 2.05) is 0 Å². The Bertz CT molecular complexity index is 313. The first-order chi connectivity index (χ1) is 12.3. The lowest BCUT2D eigenvalue weighted by molar-refractivity contribution is 0.142. The fourth-order valence-electron chi connectivity index (χ4n) is 3.97. The SMILES string of the molecule is CCCCCCCCCCCCN1C=CN(CC)C1CCCCCC. The molecule has 0 aromatic rings. The monoisotopic (exact) mass is 350 g/mol. The van der Waals surface area contributed by atoms with Gasteiger partial charge in [-0.2, -0.15) is 0 Å². The summed E-state index contributed by atoms with van der Waals surface area (Å²) in [6.07, 6.45) is 26.4. The van der Waals surface area contributed by atoms with Crippen molar-refractivity contribution in [3.63, 3.8) is 0 Å². The third kappa shape index (κ3) is 10.2. The molecular weight excluding hydrogens is 304 g/mol. The Hall–Kier alpha value is -0.660. The summed E-state index contributed by atoms with van der Waals surface area (Å²) in [6.45, 7) is 9.27. The van der Waals surface area contributed by atoms with E-state index in [1.54, 1.807) is 0 Å². The van der Waals surface area contributed by atoms with Crippen LogP contribution in [0.5, 0.6) is 0 Å². The number of nitrogens with zero attached hydrogens (tertiary/aromatic N) is 2. The molecule has 0 N–H and O–H groups in total. The average molecular weight is 351 g/mol. The molecule has 2 nitrogen and oxygen atoms in total. The van der Waals surface area contributed by atoms with Crippen LogP contribution in [0.25, 0.3) is 0 Å². The van der Waals surface area contributed by atoms with Gasteiger partial charge in [-0.25, -0.2) is 0 Å². The maximum Gasteiger partial charge on any atom is 0.101 e. The second-order valence-corrected chi connectivity index (χ2v) is 7.88. The predicted molar refractivity (Wildman–Crippen MR) is 113 cm³/mol. The van der Waals surface area contributed by atoms with Crippen LogP contribution in [-0.4, -0.2) is 29.1 Å². The molecule has 1 rings (SSSR count). The summed E-state index contributed by atoms with van der Waals surface area (Å²) in [7, 11) is 0. The zero-order valence-electron chi connectivity index (χ0n) is 17.6. The Morgan fingerprint density at radius 2 is 1.04 bits per heavy atom. The van der Waals surface area contributed by atoms with Gasteiger partial charge in [0, 0.05) is 25.5 Å². The average Bonchev–Trinajstić information content (AvgIpc) is 3.02. The molecule has 1 atom stereocenters. The van der Waals surface area contributed by atoms with Gasteiger partial charge in [-0.3, -0.25) is 0 Å². The van der Waals surface area contributed by atoms with Gasteiger partial charge in [-0.15, -0.1) is 0 Å². The lowest BCUT2D eigenvalue weighted by Crippen LogP contribution is -2.38. The van der Waals surface area contributed by atoms with E-state index in [-0.39, 0.29) is 0 Å². The van der Waals surface area contributed by atoms with Crippen molar-refractivity contribution in [1.82, 2.24) is 9.80 Å². The van der Waals surface area contributed by atoms with Crippen molar-refractivity contribution >= 4 is 0 Å². The normalized spacial score (nSPS) is 17.0. The molecular formula is C23H46N2. The van der Waals surface area contributed by atoms with Crippen molar-refractivity contribution < 1.29 is 0 Å². The topological polar surface area (TPSA) is 6.48 Å². The van der Waals surface area contributed by atoms with Crippen molar-refractivity contribution in [2.75, 3.05) is 13.1 Å². The standard InChI is InChI=1S/C23H46N2/c1-4-7-9-11-12-13-14-15-16-18-20-25-22-21-24(6-3)23(25)19-17-10-8-5-2/h21-23H,4-20H2,1-3H3. The first kappa shape index (κ1) is 22.4. The molecule has 0 amide bonds. The van der Waals surface area contributed by atoms with Crippen LogP contribution in [0.4, 0.5) is 0 Å². The zero-order chi connectivity index (χ0) is 18.2. The summed E-state index contributed by atoms with van der Waals surface area (Å²) in [5.41, 5.74) is 0. The fourth-order valence-corrected chi connectivity index (χ4v) is 3.97. The maximum atomic E-state index is 2.61. The van der Waals surface area contributed by atoms with Crippen LogP contribution >= 0.6 is 0 Å². The van der Waals surface area contributed by atoms with Crippen LogP contribution in [0.15, 0.2) is 12.4 Å². The number of unbranched alkanes of at least 4 members (excludes halogenated alkanes) is 12. The molecule has 1 heterocycles. The first-order valence-electron chi connectivity index (χ1n) is 11.5. The van der Waals surface area contributed by atoms with Crippen molar-refractivity contribution in [2.45, 2.75) is 123 Å². The molecule has 0 bridgehead atoms.